The first kappa shape index (κ1) is 14.3. The van der Waals surface area contributed by atoms with Crippen LogP contribution in [0.2, 0.25) is 0 Å². The summed E-state index contributed by atoms with van der Waals surface area (Å²) in [5.41, 5.74) is 0. The molecule has 1 unspecified atom stereocenters. The third-order valence-electron chi connectivity index (χ3n) is 3.54. The molecule has 1 N–H and O–H groups in total. The molecule has 1 saturated heterocycles. The van der Waals surface area contributed by atoms with Crippen LogP contribution in [-0.2, 0) is 0 Å². The van der Waals surface area contributed by atoms with E-state index in [4.69, 9.17) is 0 Å². The van der Waals surface area contributed by atoms with Crippen molar-refractivity contribution < 1.29 is 4.79 Å². The molecule has 1 aromatic heterocycles. The average Bonchev–Trinajstić information content (AvgIpc) is 3.05. The summed E-state index contributed by atoms with van der Waals surface area (Å²) in [6.07, 6.45) is 1.05. The Morgan fingerprint density at radius 3 is 2.89 bits per heavy atom. The molecule has 1 aliphatic heterocycles. The lowest BCUT2D eigenvalue weighted by Crippen LogP contribution is -2.37. The monoisotopic (exact) mass is 296 g/mol. The Bertz CT molecular complexity index is 545. The van der Waals surface area contributed by atoms with Crippen LogP contribution in [-0.4, -0.2) is 37.0 Å². The van der Waals surface area contributed by atoms with Gasteiger partial charge in [-0.1, -0.05) is 18.2 Å². The van der Waals surface area contributed by atoms with Gasteiger partial charge in [-0.15, -0.1) is 23.7 Å². The summed E-state index contributed by atoms with van der Waals surface area (Å²) in [5.74, 6) is 0.143. The first-order valence-corrected chi connectivity index (χ1v) is 7.04. The van der Waals surface area contributed by atoms with Crippen LogP contribution in [0.3, 0.4) is 0 Å². The summed E-state index contributed by atoms with van der Waals surface area (Å²) in [4.78, 5) is 15.1. The molecule has 1 fully saturated rings. The molecule has 19 heavy (non-hydrogen) atoms. The number of likely N-dealkylation sites (N-methyl/N-ethyl adjacent to an activating group) is 1. The number of carbonyl (C=O) groups excluding carboxylic acids is 1. The second kappa shape index (κ2) is 5.90. The molecule has 0 spiro atoms. The van der Waals surface area contributed by atoms with E-state index in [9.17, 15) is 4.79 Å². The molecule has 1 aromatic carbocycles. The highest BCUT2D eigenvalue weighted by Gasteiger charge is 2.24. The lowest BCUT2D eigenvalue weighted by Gasteiger charge is -2.22. The van der Waals surface area contributed by atoms with Crippen molar-refractivity contribution in [3.63, 3.8) is 0 Å². The number of rotatable bonds is 2. The average molecular weight is 297 g/mol. The standard InChI is InChI=1S/C14H16N2OS.ClH/c1-16(11-6-7-15-9-11)14(17)13-8-10-4-2-3-5-12(10)18-13;/h2-5,8,11,15H,6-7,9H2,1H3;1H. The van der Waals surface area contributed by atoms with Crippen LogP contribution in [0.25, 0.3) is 10.1 Å². The van der Waals surface area contributed by atoms with Crippen LogP contribution < -0.4 is 5.32 Å². The molecule has 2 heterocycles. The number of benzene rings is 1. The Labute approximate surface area is 123 Å². The van der Waals surface area contributed by atoms with Gasteiger partial charge in [0.05, 0.1) is 4.88 Å². The number of nitrogens with zero attached hydrogens (tertiary/aromatic N) is 1. The third kappa shape index (κ3) is 2.76. The number of hydrogen-bond donors (Lipinski definition) is 1. The van der Waals surface area contributed by atoms with Crippen LogP contribution in [0, 0.1) is 0 Å². The fourth-order valence-electron chi connectivity index (χ4n) is 2.40. The van der Waals surface area contributed by atoms with E-state index in [1.807, 2.05) is 30.1 Å². The number of nitrogens with one attached hydrogen (secondary N) is 1. The summed E-state index contributed by atoms with van der Waals surface area (Å²) in [6.45, 7) is 1.92. The molecular formula is C14H17ClN2OS. The molecule has 0 saturated carbocycles. The van der Waals surface area contributed by atoms with E-state index in [1.54, 1.807) is 11.3 Å². The van der Waals surface area contributed by atoms with Crippen molar-refractivity contribution in [3.05, 3.63) is 35.2 Å². The fraction of sp³-hybridized carbons (Fsp3) is 0.357. The molecular weight excluding hydrogens is 280 g/mol. The molecule has 0 aliphatic carbocycles. The van der Waals surface area contributed by atoms with Crippen molar-refractivity contribution in [2.75, 3.05) is 20.1 Å². The van der Waals surface area contributed by atoms with Crippen LogP contribution in [0.1, 0.15) is 16.1 Å². The molecule has 3 rings (SSSR count). The van der Waals surface area contributed by atoms with Gasteiger partial charge in [0.2, 0.25) is 0 Å². The van der Waals surface area contributed by atoms with Gasteiger partial charge in [0, 0.05) is 24.3 Å². The Hall–Kier alpha value is -1.10. The zero-order valence-electron chi connectivity index (χ0n) is 10.8. The summed E-state index contributed by atoms with van der Waals surface area (Å²) in [6, 6.07) is 10.5. The van der Waals surface area contributed by atoms with E-state index < -0.39 is 0 Å². The van der Waals surface area contributed by atoms with Crippen LogP contribution in [0.5, 0.6) is 0 Å². The van der Waals surface area contributed by atoms with E-state index in [0.29, 0.717) is 6.04 Å². The van der Waals surface area contributed by atoms with Gasteiger partial charge in [-0.25, -0.2) is 0 Å². The van der Waals surface area contributed by atoms with Crippen LogP contribution in [0.15, 0.2) is 30.3 Å². The van der Waals surface area contributed by atoms with Gasteiger partial charge in [-0.05, 0) is 30.5 Å². The first-order chi connectivity index (χ1) is 8.75. The molecule has 1 aliphatic rings. The SMILES string of the molecule is CN(C(=O)c1cc2ccccc2s1)C1CCNC1.Cl. The lowest BCUT2D eigenvalue weighted by molar-refractivity contribution is 0.0749. The second-order valence-corrected chi connectivity index (χ2v) is 5.79. The predicted octanol–water partition coefficient (Wildman–Crippen LogP) is 2.76. The topological polar surface area (TPSA) is 32.3 Å². The molecule has 1 atom stereocenters. The van der Waals surface area contributed by atoms with Crippen molar-refractivity contribution in [2.24, 2.45) is 0 Å². The van der Waals surface area contributed by atoms with Gasteiger partial charge in [-0.3, -0.25) is 4.79 Å². The van der Waals surface area contributed by atoms with E-state index in [-0.39, 0.29) is 18.3 Å². The van der Waals surface area contributed by atoms with Crippen molar-refractivity contribution in [2.45, 2.75) is 12.5 Å². The molecule has 5 heteroatoms. The fourth-order valence-corrected chi connectivity index (χ4v) is 3.44. The number of amides is 1. The normalized spacial score (nSPS) is 18.3. The van der Waals surface area contributed by atoms with Crippen molar-refractivity contribution in [1.29, 1.82) is 0 Å². The zero-order chi connectivity index (χ0) is 12.5. The Morgan fingerprint density at radius 1 is 1.42 bits per heavy atom. The van der Waals surface area contributed by atoms with E-state index >= 15 is 0 Å². The molecule has 0 radical (unpaired) electrons. The highest BCUT2D eigenvalue weighted by atomic mass is 35.5. The predicted molar refractivity (Wildman–Crippen MR) is 82.4 cm³/mol. The quantitative estimate of drug-likeness (QED) is 0.924. The zero-order valence-corrected chi connectivity index (χ0v) is 12.4. The van der Waals surface area contributed by atoms with Gasteiger partial charge in [0.1, 0.15) is 0 Å². The minimum absolute atomic E-state index is 0. The number of hydrogen-bond acceptors (Lipinski definition) is 3. The van der Waals surface area contributed by atoms with Crippen molar-refractivity contribution >= 4 is 39.7 Å². The Kier molecular flexibility index (Phi) is 4.45. The molecule has 1 amide bonds. The molecule has 102 valence electrons. The Balaban J connectivity index is 0.00000133. The summed E-state index contributed by atoms with van der Waals surface area (Å²) in [5, 5.41) is 4.45. The summed E-state index contributed by atoms with van der Waals surface area (Å²) in [7, 11) is 1.91. The summed E-state index contributed by atoms with van der Waals surface area (Å²) >= 11 is 1.58. The first-order valence-electron chi connectivity index (χ1n) is 6.22. The minimum atomic E-state index is 0. The van der Waals surface area contributed by atoms with Gasteiger partial charge >= 0.3 is 0 Å². The maximum atomic E-state index is 12.4. The minimum Gasteiger partial charge on any atom is -0.337 e. The maximum Gasteiger partial charge on any atom is 0.263 e. The second-order valence-electron chi connectivity index (χ2n) is 4.71. The summed E-state index contributed by atoms with van der Waals surface area (Å²) < 4.78 is 1.18. The lowest BCUT2D eigenvalue weighted by atomic mass is 10.2. The van der Waals surface area contributed by atoms with Gasteiger partial charge in [0.15, 0.2) is 0 Å². The highest BCUT2D eigenvalue weighted by molar-refractivity contribution is 7.20. The van der Waals surface area contributed by atoms with E-state index in [0.717, 1.165) is 29.8 Å². The number of halogens is 1. The molecule has 2 aromatic rings. The third-order valence-corrected chi connectivity index (χ3v) is 4.64. The van der Waals surface area contributed by atoms with Gasteiger partial charge in [-0.2, -0.15) is 0 Å². The van der Waals surface area contributed by atoms with Crippen molar-refractivity contribution in [1.82, 2.24) is 10.2 Å². The van der Waals surface area contributed by atoms with Gasteiger partial charge in [0.25, 0.3) is 5.91 Å². The van der Waals surface area contributed by atoms with Crippen molar-refractivity contribution in [3.8, 4) is 0 Å². The van der Waals surface area contributed by atoms with Gasteiger partial charge < -0.3 is 10.2 Å². The number of thiophene rings is 1. The van der Waals surface area contributed by atoms with Crippen LogP contribution in [0.4, 0.5) is 0 Å². The van der Waals surface area contributed by atoms with Crippen LogP contribution >= 0.6 is 23.7 Å². The molecule has 3 nitrogen and oxygen atoms in total. The van der Waals surface area contributed by atoms with E-state index in [2.05, 4.69) is 17.4 Å². The largest absolute Gasteiger partial charge is 0.337 e. The number of fused-ring (bicyclic) bond motifs is 1. The number of carbonyl (C=O) groups is 1. The highest BCUT2D eigenvalue weighted by Crippen LogP contribution is 2.26. The Morgan fingerprint density at radius 2 is 2.21 bits per heavy atom. The smallest absolute Gasteiger partial charge is 0.263 e. The van der Waals surface area contributed by atoms with E-state index in [1.165, 1.54) is 4.70 Å². The molecule has 0 bridgehead atoms. The maximum absolute atomic E-state index is 12.4.